The van der Waals surface area contributed by atoms with Gasteiger partial charge in [0.05, 0.1) is 0 Å². The van der Waals surface area contributed by atoms with Gasteiger partial charge in [-0.2, -0.15) is 13.2 Å². The fourth-order valence-electron chi connectivity index (χ4n) is 1.84. The van der Waals surface area contributed by atoms with Gasteiger partial charge < -0.3 is 0 Å². The van der Waals surface area contributed by atoms with Gasteiger partial charge in [0.1, 0.15) is 0 Å². The van der Waals surface area contributed by atoms with Crippen LogP contribution in [0, 0.1) is 0 Å². The van der Waals surface area contributed by atoms with E-state index in [1.165, 1.54) is 18.2 Å². The third kappa shape index (κ3) is 2.36. The zero-order chi connectivity index (χ0) is 13.6. The number of halogens is 5. The predicted octanol–water partition coefficient (Wildman–Crippen LogP) is 5.26. The minimum Gasteiger partial charge on any atom is -0.225 e. The highest BCUT2D eigenvalue weighted by atomic mass is 35.5. The molecule has 0 spiro atoms. The summed E-state index contributed by atoms with van der Waals surface area (Å²) in [5.74, 6) is 0. The summed E-state index contributed by atoms with van der Waals surface area (Å²) in [6.45, 7) is 1.58. The quantitative estimate of drug-likeness (QED) is 0.644. The molecule has 1 heterocycles. The molecular formula is C11H8Cl2F3NS. The third-order valence-corrected chi connectivity index (χ3v) is 4.41. The van der Waals surface area contributed by atoms with Crippen LogP contribution in [0.25, 0.3) is 0 Å². The molecule has 1 aromatic carbocycles. The van der Waals surface area contributed by atoms with E-state index in [2.05, 4.69) is 4.40 Å². The Labute approximate surface area is 117 Å². The van der Waals surface area contributed by atoms with Crippen molar-refractivity contribution in [1.82, 2.24) is 0 Å². The molecule has 1 aliphatic rings. The van der Waals surface area contributed by atoms with Gasteiger partial charge in [0.15, 0.2) is 4.75 Å². The molecule has 1 aliphatic heterocycles. The van der Waals surface area contributed by atoms with Gasteiger partial charge >= 0.3 is 6.18 Å². The molecular weight excluding hydrogens is 306 g/mol. The lowest BCUT2D eigenvalue weighted by molar-refractivity contribution is -0.159. The summed E-state index contributed by atoms with van der Waals surface area (Å²) in [6, 6.07) is 3.99. The summed E-state index contributed by atoms with van der Waals surface area (Å²) in [6.07, 6.45) is -4.61. The van der Waals surface area contributed by atoms with E-state index in [4.69, 9.17) is 23.2 Å². The lowest BCUT2D eigenvalue weighted by atomic mass is 9.92. The van der Waals surface area contributed by atoms with Gasteiger partial charge in [-0.3, -0.25) is 0 Å². The first-order valence-corrected chi connectivity index (χ1v) is 6.52. The Balaban J connectivity index is 2.55. The monoisotopic (exact) mass is 313 g/mol. The Morgan fingerprint density at radius 2 is 1.78 bits per heavy atom. The number of rotatable bonds is 1. The summed E-state index contributed by atoms with van der Waals surface area (Å²) in [5.41, 5.74) is 0.492. The number of benzene rings is 1. The molecule has 1 nitrogen and oxygen atoms in total. The smallest absolute Gasteiger partial charge is 0.225 e. The molecule has 0 saturated heterocycles. The number of hydrogen-bond acceptors (Lipinski definition) is 2. The third-order valence-electron chi connectivity index (χ3n) is 2.65. The topological polar surface area (TPSA) is 12.4 Å². The van der Waals surface area contributed by atoms with Crippen molar-refractivity contribution in [2.75, 3.05) is 0 Å². The van der Waals surface area contributed by atoms with E-state index in [0.717, 1.165) is 0 Å². The van der Waals surface area contributed by atoms with Gasteiger partial charge in [0.25, 0.3) is 0 Å². The predicted molar refractivity (Wildman–Crippen MR) is 69.5 cm³/mol. The molecule has 0 amide bonds. The van der Waals surface area contributed by atoms with Crippen LogP contribution in [-0.2, 0) is 4.75 Å². The maximum absolute atomic E-state index is 13.4. The molecule has 7 heteroatoms. The summed E-state index contributed by atoms with van der Waals surface area (Å²) in [4.78, 5) is 0. The fourth-order valence-corrected chi connectivity index (χ4v) is 3.34. The van der Waals surface area contributed by atoms with E-state index in [9.17, 15) is 13.2 Å². The lowest BCUT2D eigenvalue weighted by Gasteiger charge is -2.30. The molecule has 0 bridgehead atoms. The van der Waals surface area contributed by atoms with Crippen molar-refractivity contribution in [3.05, 3.63) is 33.8 Å². The number of hydrogen-bond donors (Lipinski definition) is 0. The first-order chi connectivity index (χ1) is 8.24. The molecule has 1 unspecified atom stereocenters. The minimum atomic E-state index is -4.42. The highest BCUT2D eigenvalue weighted by Gasteiger charge is 2.59. The summed E-state index contributed by atoms with van der Waals surface area (Å²) in [5, 5.41) is 0.373. The molecule has 2 rings (SSSR count). The lowest BCUT2D eigenvalue weighted by Crippen LogP contribution is -2.38. The summed E-state index contributed by atoms with van der Waals surface area (Å²) < 4.78 is 41.8. The molecule has 0 radical (unpaired) electrons. The van der Waals surface area contributed by atoms with Crippen molar-refractivity contribution in [3.63, 3.8) is 0 Å². The highest BCUT2D eigenvalue weighted by molar-refractivity contribution is 7.99. The van der Waals surface area contributed by atoms with Gasteiger partial charge in [-0.15, -0.1) is 0 Å². The molecule has 0 N–H and O–H groups in total. The van der Waals surface area contributed by atoms with Crippen LogP contribution < -0.4 is 0 Å². The van der Waals surface area contributed by atoms with E-state index in [0.29, 0.717) is 17.7 Å². The van der Waals surface area contributed by atoms with Gasteiger partial charge in [-0.25, -0.2) is 4.40 Å². The molecule has 98 valence electrons. The Hall–Kier alpha value is -0.390. The average Bonchev–Trinajstić information content (AvgIpc) is 2.59. The van der Waals surface area contributed by atoms with E-state index >= 15 is 0 Å². The maximum atomic E-state index is 13.4. The van der Waals surface area contributed by atoms with E-state index < -0.39 is 10.9 Å². The maximum Gasteiger partial charge on any atom is 0.409 e. The Morgan fingerprint density at radius 3 is 2.17 bits per heavy atom. The SMILES string of the molecule is CC1=NSC(c2cc(Cl)cc(Cl)c2)(C(F)(F)F)C1. The van der Waals surface area contributed by atoms with E-state index in [-0.39, 0.29) is 22.0 Å². The number of alkyl halides is 3. The Kier molecular flexibility index (Phi) is 3.60. The Morgan fingerprint density at radius 1 is 1.22 bits per heavy atom. The van der Waals surface area contributed by atoms with Crippen LogP contribution in [0.4, 0.5) is 13.2 Å². The standard InChI is InChI=1S/C11H8Cl2F3NS/c1-6-5-10(18-17-6,11(14,15)16)7-2-8(12)4-9(13)3-7/h2-4H,5H2,1H3. The van der Waals surface area contributed by atoms with Crippen LogP contribution in [0.5, 0.6) is 0 Å². The van der Waals surface area contributed by atoms with Crippen molar-refractivity contribution in [3.8, 4) is 0 Å². The number of nitrogens with zero attached hydrogens (tertiary/aromatic N) is 1. The Bertz CT molecular complexity index is 495. The van der Waals surface area contributed by atoms with Gasteiger partial charge in [-0.05, 0) is 42.6 Å². The average molecular weight is 314 g/mol. The first-order valence-electron chi connectivity index (χ1n) is 4.99. The normalized spacial score (nSPS) is 24.2. The second-order valence-electron chi connectivity index (χ2n) is 4.08. The van der Waals surface area contributed by atoms with Gasteiger partial charge in [-0.1, -0.05) is 23.2 Å². The summed E-state index contributed by atoms with van der Waals surface area (Å²) >= 11 is 12.1. The zero-order valence-corrected chi connectivity index (χ0v) is 11.5. The molecule has 1 atom stereocenters. The highest BCUT2D eigenvalue weighted by Crippen LogP contribution is 2.56. The van der Waals surface area contributed by atoms with Gasteiger partial charge in [0, 0.05) is 22.2 Å². The van der Waals surface area contributed by atoms with E-state index in [1.807, 2.05) is 0 Å². The van der Waals surface area contributed by atoms with Gasteiger partial charge in [0.2, 0.25) is 0 Å². The van der Waals surface area contributed by atoms with Crippen LogP contribution in [0.1, 0.15) is 18.9 Å². The molecule has 0 aromatic heterocycles. The fraction of sp³-hybridized carbons (Fsp3) is 0.364. The minimum absolute atomic E-state index is 0.0399. The van der Waals surface area contributed by atoms with Crippen molar-refractivity contribution in [2.45, 2.75) is 24.3 Å². The van der Waals surface area contributed by atoms with Crippen LogP contribution in [0.3, 0.4) is 0 Å². The van der Waals surface area contributed by atoms with Crippen LogP contribution in [-0.4, -0.2) is 11.9 Å². The second-order valence-corrected chi connectivity index (χ2v) is 6.01. The van der Waals surface area contributed by atoms with E-state index in [1.54, 1.807) is 6.92 Å². The molecule has 0 saturated carbocycles. The van der Waals surface area contributed by atoms with Crippen LogP contribution in [0.2, 0.25) is 10.0 Å². The van der Waals surface area contributed by atoms with Crippen LogP contribution in [0.15, 0.2) is 22.6 Å². The van der Waals surface area contributed by atoms with Crippen molar-refractivity contribution in [1.29, 1.82) is 0 Å². The molecule has 18 heavy (non-hydrogen) atoms. The largest absolute Gasteiger partial charge is 0.409 e. The first kappa shape index (κ1) is 14.0. The molecule has 1 aromatic rings. The van der Waals surface area contributed by atoms with Crippen molar-refractivity contribution < 1.29 is 13.2 Å². The second kappa shape index (κ2) is 4.62. The van der Waals surface area contributed by atoms with Crippen molar-refractivity contribution >= 4 is 40.9 Å². The van der Waals surface area contributed by atoms with Crippen LogP contribution >= 0.6 is 35.1 Å². The molecule has 0 fully saturated rings. The zero-order valence-electron chi connectivity index (χ0n) is 9.18. The van der Waals surface area contributed by atoms with Crippen molar-refractivity contribution in [2.24, 2.45) is 4.40 Å². The molecule has 0 aliphatic carbocycles. The summed E-state index contributed by atoms with van der Waals surface area (Å²) in [7, 11) is 0.